The SMILES string of the molecule is C=C[C@H](O[Si](C(C)C)(C(C)C)C(C)C)[C@H](CCCSc1nnnn1-c1ccccc1)OCOC. The second-order valence-electron chi connectivity index (χ2n) is 9.45. The van der Waals surface area contributed by atoms with Crippen molar-refractivity contribution in [2.24, 2.45) is 0 Å². The fourth-order valence-corrected chi connectivity index (χ4v) is 11.3. The average molecular weight is 507 g/mol. The molecule has 0 aliphatic heterocycles. The molecule has 0 aliphatic rings. The quantitative estimate of drug-likeness (QED) is 0.0873. The molecule has 0 N–H and O–H groups in total. The molecule has 0 amide bonds. The number of methoxy groups -OCH3 is 1. The second kappa shape index (κ2) is 14.1. The van der Waals surface area contributed by atoms with Crippen molar-refractivity contribution in [1.82, 2.24) is 20.2 Å². The van der Waals surface area contributed by atoms with Crippen molar-refractivity contribution in [3.8, 4) is 5.69 Å². The van der Waals surface area contributed by atoms with Crippen LogP contribution in [0.15, 0.2) is 48.1 Å². The van der Waals surface area contributed by atoms with Gasteiger partial charge in [0.1, 0.15) is 6.79 Å². The third-order valence-electron chi connectivity index (χ3n) is 6.35. The first-order chi connectivity index (χ1) is 16.3. The minimum atomic E-state index is -2.08. The molecule has 2 atom stereocenters. The predicted octanol–water partition coefficient (Wildman–Crippen LogP) is 6.27. The van der Waals surface area contributed by atoms with Gasteiger partial charge in [0.25, 0.3) is 0 Å². The zero-order chi connectivity index (χ0) is 25.1. The van der Waals surface area contributed by atoms with Crippen molar-refractivity contribution in [2.75, 3.05) is 19.7 Å². The van der Waals surface area contributed by atoms with Gasteiger partial charge in [0.05, 0.1) is 17.9 Å². The van der Waals surface area contributed by atoms with Gasteiger partial charge < -0.3 is 13.9 Å². The van der Waals surface area contributed by atoms with Crippen LogP contribution in [0.1, 0.15) is 54.4 Å². The van der Waals surface area contributed by atoms with E-state index in [9.17, 15) is 0 Å². The highest BCUT2D eigenvalue weighted by atomic mass is 32.2. The number of aromatic nitrogens is 4. The summed E-state index contributed by atoms with van der Waals surface area (Å²) in [7, 11) is -0.429. The number of nitrogens with zero attached hydrogens (tertiary/aromatic N) is 4. The van der Waals surface area contributed by atoms with E-state index in [2.05, 4.69) is 63.6 Å². The van der Waals surface area contributed by atoms with Gasteiger partial charge in [0.15, 0.2) is 0 Å². The highest BCUT2D eigenvalue weighted by molar-refractivity contribution is 7.99. The first-order valence-electron chi connectivity index (χ1n) is 12.1. The predicted molar refractivity (Wildman–Crippen MR) is 142 cm³/mol. The lowest BCUT2D eigenvalue weighted by Gasteiger charge is -2.45. The van der Waals surface area contributed by atoms with Gasteiger partial charge >= 0.3 is 0 Å². The lowest BCUT2D eigenvalue weighted by Crippen LogP contribution is -2.52. The molecule has 1 aromatic carbocycles. The summed E-state index contributed by atoms with van der Waals surface area (Å²) in [5, 5.41) is 13.0. The molecule has 1 aromatic heterocycles. The number of hydrogen-bond donors (Lipinski definition) is 0. The molecule has 190 valence electrons. The van der Waals surface area contributed by atoms with Crippen LogP contribution in [0, 0.1) is 0 Å². The Labute approximate surface area is 210 Å². The third-order valence-corrected chi connectivity index (χ3v) is 13.5. The molecule has 1 heterocycles. The van der Waals surface area contributed by atoms with Crippen LogP contribution in [0.2, 0.25) is 16.6 Å². The summed E-state index contributed by atoms with van der Waals surface area (Å²) in [6.07, 6.45) is 3.38. The van der Waals surface area contributed by atoms with Gasteiger partial charge in [-0.15, -0.1) is 11.7 Å². The van der Waals surface area contributed by atoms with E-state index in [1.807, 2.05) is 36.4 Å². The number of benzene rings is 1. The molecule has 0 saturated heterocycles. The summed E-state index contributed by atoms with van der Waals surface area (Å²) >= 11 is 1.64. The van der Waals surface area contributed by atoms with Crippen molar-refractivity contribution in [3.63, 3.8) is 0 Å². The Kier molecular flexibility index (Phi) is 11.9. The summed E-state index contributed by atoms with van der Waals surface area (Å²) in [6.45, 7) is 18.1. The van der Waals surface area contributed by atoms with Crippen LogP contribution in [0.25, 0.3) is 5.69 Å². The van der Waals surface area contributed by atoms with Gasteiger partial charge in [-0.1, -0.05) is 77.6 Å². The van der Waals surface area contributed by atoms with Gasteiger partial charge in [-0.3, -0.25) is 0 Å². The molecule has 7 nitrogen and oxygen atoms in total. The smallest absolute Gasteiger partial charge is 0.214 e. The molecule has 34 heavy (non-hydrogen) atoms. The average Bonchev–Trinajstić information content (AvgIpc) is 3.28. The molecule has 0 bridgehead atoms. The molecule has 0 fully saturated rings. The highest BCUT2D eigenvalue weighted by Gasteiger charge is 2.47. The van der Waals surface area contributed by atoms with Gasteiger partial charge in [-0.05, 0) is 52.0 Å². The maximum atomic E-state index is 7.01. The largest absolute Gasteiger partial charge is 0.407 e. The Morgan fingerprint density at radius 3 is 2.26 bits per heavy atom. The Balaban J connectivity index is 2.06. The number of rotatable bonds is 16. The minimum absolute atomic E-state index is 0.119. The van der Waals surface area contributed by atoms with Crippen LogP contribution in [0.5, 0.6) is 0 Å². The lowest BCUT2D eigenvalue weighted by atomic mass is 10.1. The molecule has 2 rings (SSSR count). The highest BCUT2D eigenvalue weighted by Crippen LogP contribution is 2.43. The normalized spacial score (nSPS) is 14.2. The van der Waals surface area contributed by atoms with Crippen LogP contribution < -0.4 is 0 Å². The van der Waals surface area contributed by atoms with Crippen LogP contribution in [0.3, 0.4) is 0 Å². The van der Waals surface area contributed by atoms with Crippen LogP contribution in [0.4, 0.5) is 0 Å². The fourth-order valence-electron chi connectivity index (χ4n) is 4.87. The Morgan fingerprint density at radius 1 is 1.06 bits per heavy atom. The molecular formula is C25H42N4O3SSi. The maximum Gasteiger partial charge on any atom is 0.214 e. The Morgan fingerprint density at radius 2 is 1.71 bits per heavy atom. The monoisotopic (exact) mass is 506 g/mol. The Hall–Kier alpha value is -1.52. The first-order valence-corrected chi connectivity index (χ1v) is 15.3. The summed E-state index contributed by atoms with van der Waals surface area (Å²) in [5.41, 5.74) is 2.43. The fraction of sp³-hybridized carbons (Fsp3) is 0.640. The van der Waals surface area contributed by atoms with Gasteiger partial charge in [-0.2, -0.15) is 4.68 Å². The van der Waals surface area contributed by atoms with Crippen molar-refractivity contribution in [2.45, 2.75) is 88.4 Å². The van der Waals surface area contributed by atoms with E-state index >= 15 is 0 Å². The van der Waals surface area contributed by atoms with Crippen molar-refractivity contribution in [3.05, 3.63) is 43.0 Å². The van der Waals surface area contributed by atoms with E-state index < -0.39 is 8.32 Å². The summed E-state index contributed by atoms with van der Waals surface area (Å²) in [4.78, 5) is 0. The molecule has 9 heteroatoms. The number of hydrogen-bond acceptors (Lipinski definition) is 7. The molecule has 0 aliphatic carbocycles. The second-order valence-corrected chi connectivity index (χ2v) is 15.9. The van der Waals surface area contributed by atoms with Crippen LogP contribution in [-0.4, -0.2) is 60.4 Å². The molecular weight excluding hydrogens is 464 g/mol. The van der Waals surface area contributed by atoms with E-state index in [1.54, 1.807) is 23.6 Å². The minimum Gasteiger partial charge on any atom is -0.407 e. The van der Waals surface area contributed by atoms with Crippen molar-refractivity contribution < 1.29 is 13.9 Å². The van der Waals surface area contributed by atoms with E-state index in [0.29, 0.717) is 16.6 Å². The van der Waals surface area contributed by atoms with E-state index in [0.717, 1.165) is 29.4 Å². The molecule has 0 unspecified atom stereocenters. The standard InChI is InChI=1S/C25H42N4O3SSi/c1-9-23(32-34(19(2)3,20(4)5)21(6)7)24(31-18-30-8)16-13-17-33-25-26-27-28-29(25)22-14-11-10-12-15-22/h9-12,14-15,19-21,23-24H,1,13,16-18H2,2-8H3/t23-,24-/m0/s1. The lowest BCUT2D eigenvalue weighted by molar-refractivity contribution is -0.102. The summed E-state index contributed by atoms with van der Waals surface area (Å²) < 4.78 is 20.1. The van der Waals surface area contributed by atoms with Crippen molar-refractivity contribution in [1.29, 1.82) is 0 Å². The number of para-hydroxylation sites is 1. The molecule has 0 spiro atoms. The topological polar surface area (TPSA) is 71.3 Å². The maximum absolute atomic E-state index is 7.01. The molecule has 0 saturated carbocycles. The zero-order valence-corrected chi connectivity index (χ0v) is 23.6. The van der Waals surface area contributed by atoms with Gasteiger partial charge in [0, 0.05) is 12.9 Å². The van der Waals surface area contributed by atoms with Gasteiger partial charge in [0.2, 0.25) is 13.5 Å². The van der Waals surface area contributed by atoms with Gasteiger partial charge in [-0.25, -0.2) is 0 Å². The van der Waals surface area contributed by atoms with E-state index in [-0.39, 0.29) is 19.0 Å². The Bertz CT molecular complexity index is 826. The molecule has 0 radical (unpaired) electrons. The first kappa shape index (κ1) is 28.7. The van der Waals surface area contributed by atoms with Crippen LogP contribution in [-0.2, 0) is 13.9 Å². The van der Waals surface area contributed by atoms with E-state index in [4.69, 9.17) is 13.9 Å². The van der Waals surface area contributed by atoms with Crippen molar-refractivity contribution >= 4 is 20.1 Å². The third kappa shape index (κ3) is 7.24. The molecule has 2 aromatic rings. The zero-order valence-electron chi connectivity index (χ0n) is 21.8. The van der Waals surface area contributed by atoms with Crippen LogP contribution >= 0.6 is 11.8 Å². The summed E-state index contributed by atoms with van der Waals surface area (Å²) in [5.74, 6) is 0.866. The number of thioether (sulfide) groups is 1. The summed E-state index contributed by atoms with van der Waals surface area (Å²) in [6, 6.07) is 9.93. The number of ether oxygens (including phenoxy) is 2. The number of tetrazole rings is 1. The van der Waals surface area contributed by atoms with E-state index in [1.165, 1.54) is 0 Å².